The monoisotopic (exact) mass is 424 g/mol. The summed E-state index contributed by atoms with van der Waals surface area (Å²) in [6.07, 6.45) is -1.95. The summed E-state index contributed by atoms with van der Waals surface area (Å²) < 4.78 is 58.3. The summed E-state index contributed by atoms with van der Waals surface area (Å²) in [6, 6.07) is 9.63. The molecule has 0 amide bonds. The normalized spacial score (nSPS) is 11.5. The van der Waals surface area contributed by atoms with Crippen molar-refractivity contribution in [3.8, 4) is 17.0 Å². The van der Waals surface area contributed by atoms with Crippen LogP contribution in [-0.4, -0.2) is 11.6 Å². The first kappa shape index (κ1) is 21.1. The van der Waals surface area contributed by atoms with Crippen molar-refractivity contribution in [1.82, 2.24) is 4.98 Å². The molecule has 0 unspecified atom stereocenters. The van der Waals surface area contributed by atoms with Crippen LogP contribution in [0.2, 0.25) is 0 Å². The molecule has 0 spiro atoms. The van der Waals surface area contributed by atoms with Crippen molar-refractivity contribution in [2.45, 2.75) is 32.4 Å². The number of rotatable bonds is 8. The Balaban J connectivity index is 1.77. The highest BCUT2D eigenvalue weighted by Gasteiger charge is 2.34. The van der Waals surface area contributed by atoms with Gasteiger partial charge in [0.1, 0.15) is 11.6 Å². The molecule has 1 aromatic heterocycles. The first-order chi connectivity index (χ1) is 13.9. The molecule has 0 bridgehead atoms. The number of benzene rings is 2. The van der Waals surface area contributed by atoms with Gasteiger partial charge in [0.15, 0.2) is 5.13 Å². The number of nitrogens with one attached hydrogen (secondary N) is 1. The maximum Gasteiger partial charge on any atom is 0.419 e. The van der Waals surface area contributed by atoms with Gasteiger partial charge in [0.2, 0.25) is 0 Å². The van der Waals surface area contributed by atoms with Crippen LogP contribution in [-0.2, 0) is 6.18 Å². The molecule has 29 heavy (non-hydrogen) atoms. The fourth-order valence-corrected chi connectivity index (χ4v) is 3.44. The highest BCUT2D eigenvalue weighted by molar-refractivity contribution is 7.14. The van der Waals surface area contributed by atoms with Gasteiger partial charge in [-0.05, 0) is 42.8 Å². The average Bonchev–Trinajstić information content (AvgIpc) is 3.13. The fraction of sp³-hybridized carbons (Fsp3) is 0.286. The topological polar surface area (TPSA) is 34.1 Å². The van der Waals surface area contributed by atoms with Crippen LogP contribution in [0.5, 0.6) is 5.75 Å². The Morgan fingerprint density at radius 1 is 1.07 bits per heavy atom. The molecule has 3 rings (SSSR count). The van der Waals surface area contributed by atoms with E-state index in [-0.39, 0.29) is 18.2 Å². The summed E-state index contributed by atoms with van der Waals surface area (Å²) >= 11 is 1.30. The number of thiazole rings is 1. The first-order valence-electron chi connectivity index (χ1n) is 9.19. The van der Waals surface area contributed by atoms with Crippen LogP contribution < -0.4 is 10.1 Å². The van der Waals surface area contributed by atoms with Crippen molar-refractivity contribution in [2.75, 3.05) is 11.9 Å². The van der Waals surface area contributed by atoms with Crippen LogP contribution in [0.1, 0.15) is 31.7 Å². The summed E-state index contributed by atoms with van der Waals surface area (Å²) in [6.45, 7) is 2.24. The third-order valence-electron chi connectivity index (χ3n) is 4.19. The van der Waals surface area contributed by atoms with Gasteiger partial charge >= 0.3 is 6.18 Å². The number of alkyl halides is 3. The molecule has 0 radical (unpaired) electrons. The van der Waals surface area contributed by atoms with Gasteiger partial charge in [0.05, 0.1) is 17.9 Å². The molecule has 0 saturated heterocycles. The lowest BCUT2D eigenvalue weighted by Crippen LogP contribution is -2.10. The summed E-state index contributed by atoms with van der Waals surface area (Å²) in [4.78, 5) is 4.41. The number of hydrogen-bond acceptors (Lipinski definition) is 4. The van der Waals surface area contributed by atoms with Crippen molar-refractivity contribution in [3.05, 3.63) is 59.2 Å². The number of anilines is 2. The zero-order valence-electron chi connectivity index (χ0n) is 15.7. The minimum atomic E-state index is -4.49. The Bertz CT molecular complexity index is 939. The molecular formula is C21H20F4N2OS. The second kappa shape index (κ2) is 9.26. The van der Waals surface area contributed by atoms with Crippen LogP contribution in [0.25, 0.3) is 11.3 Å². The molecule has 0 atom stereocenters. The van der Waals surface area contributed by atoms with Crippen LogP contribution in [0.4, 0.5) is 28.4 Å². The van der Waals surface area contributed by atoms with Gasteiger partial charge in [-0.15, -0.1) is 11.3 Å². The van der Waals surface area contributed by atoms with E-state index in [0.717, 1.165) is 24.5 Å². The zero-order chi connectivity index (χ0) is 20.9. The maximum absolute atomic E-state index is 13.3. The molecule has 3 nitrogen and oxygen atoms in total. The minimum absolute atomic E-state index is 0.200. The van der Waals surface area contributed by atoms with Gasteiger partial charge in [-0.3, -0.25) is 0 Å². The van der Waals surface area contributed by atoms with Crippen molar-refractivity contribution < 1.29 is 22.3 Å². The SMILES string of the molecule is CCCCCOc1cc(Nc2nc(-c3ccc(F)cc3)cs2)ccc1C(F)(F)F. The Hall–Kier alpha value is -2.61. The van der Waals surface area contributed by atoms with Crippen molar-refractivity contribution in [3.63, 3.8) is 0 Å². The quantitative estimate of drug-likeness (QED) is 0.305. The molecule has 154 valence electrons. The van der Waals surface area contributed by atoms with Crippen LogP contribution in [0.3, 0.4) is 0 Å². The van der Waals surface area contributed by atoms with E-state index in [1.54, 1.807) is 17.5 Å². The number of halogens is 4. The summed E-state index contributed by atoms with van der Waals surface area (Å²) in [5.41, 5.74) is 1.05. The standard InChI is InChI=1S/C21H20F4N2OS/c1-2-3-4-11-28-19-12-16(9-10-17(19)21(23,24)25)26-20-27-18(13-29-20)14-5-7-15(22)8-6-14/h5-10,12-13H,2-4,11H2,1H3,(H,26,27). The summed E-state index contributed by atoms with van der Waals surface area (Å²) in [7, 11) is 0. The minimum Gasteiger partial charge on any atom is -0.493 e. The Morgan fingerprint density at radius 2 is 1.83 bits per heavy atom. The van der Waals surface area contributed by atoms with E-state index in [0.29, 0.717) is 22.9 Å². The molecule has 3 aromatic rings. The van der Waals surface area contributed by atoms with Gasteiger partial charge in [0.25, 0.3) is 0 Å². The Kier molecular flexibility index (Phi) is 6.74. The van der Waals surface area contributed by atoms with Crippen molar-refractivity contribution >= 4 is 22.2 Å². The Labute approximate surface area is 170 Å². The molecule has 0 aliphatic heterocycles. The number of unbranched alkanes of at least 4 members (excludes halogenated alkanes) is 2. The lowest BCUT2D eigenvalue weighted by atomic mass is 10.1. The fourth-order valence-electron chi connectivity index (χ4n) is 2.70. The molecular weight excluding hydrogens is 404 g/mol. The molecule has 2 aromatic carbocycles. The van der Waals surface area contributed by atoms with E-state index in [9.17, 15) is 17.6 Å². The number of aromatic nitrogens is 1. The molecule has 1 heterocycles. The lowest BCUT2D eigenvalue weighted by Gasteiger charge is -2.15. The second-order valence-electron chi connectivity index (χ2n) is 6.43. The van der Waals surface area contributed by atoms with Gasteiger partial charge in [-0.1, -0.05) is 19.8 Å². The molecule has 1 N–H and O–H groups in total. The molecule has 0 aliphatic rings. The van der Waals surface area contributed by atoms with Gasteiger partial charge in [-0.2, -0.15) is 13.2 Å². The summed E-state index contributed by atoms with van der Waals surface area (Å²) in [5, 5.41) is 5.32. The van der Waals surface area contributed by atoms with Gasteiger partial charge < -0.3 is 10.1 Å². The molecule has 0 aliphatic carbocycles. The highest BCUT2D eigenvalue weighted by atomic mass is 32.1. The van der Waals surface area contributed by atoms with E-state index < -0.39 is 11.7 Å². The van der Waals surface area contributed by atoms with Crippen molar-refractivity contribution in [1.29, 1.82) is 0 Å². The van der Waals surface area contributed by atoms with Crippen molar-refractivity contribution in [2.24, 2.45) is 0 Å². The summed E-state index contributed by atoms with van der Waals surface area (Å²) in [5.74, 6) is -0.535. The smallest absolute Gasteiger partial charge is 0.419 e. The third-order valence-corrected chi connectivity index (χ3v) is 4.95. The number of nitrogens with zero attached hydrogens (tertiary/aromatic N) is 1. The van der Waals surface area contributed by atoms with Gasteiger partial charge in [-0.25, -0.2) is 9.37 Å². The molecule has 8 heteroatoms. The van der Waals surface area contributed by atoms with E-state index in [1.165, 1.54) is 35.6 Å². The van der Waals surface area contributed by atoms with E-state index in [1.807, 2.05) is 6.92 Å². The van der Waals surface area contributed by atoms with Crippen LogP contribution in [0.15, 0.2) is 47.8 Å². The largest absolute Gasteiger partial charge is 0.493 e. The second-order valence-corrected chi connectivity index (χ2v) is 7.29. The zero-order valence-corrected chi connectivity index (χ0v) is 16.5. The maximum atomic E-state index is 13.3. The van der Waals surface area contributed by atoms with E-state index in [4.69, 9.17) is 4.74 Å². The molecule has 0 saturated carbocycles. The third kappa shape index (κ3) is 5.69. The van der Waals surface area contributed by atoms with Gasteiger partial charge in [0, 0.05) is 22.7 Å². The first-order valence-corrected chi connectivity index (χ1v) is 10.1. The highest BCUT2D eigenvalue weighted by Crippen LogP contribution is 2.38. The number of ether oxygens (including phenoxy) is 1. The predicted molar refractivity (Wildman–Crippen MR) is 107 cm³/mol. The van der Waals surface area contributed by atoms with Crippen LogP contribution >= 0.6 is 11.3 Å². The Morgan fingerprint density at radius 3 is 2.52 bits per heavy atom. The van der Waals surface area contributed by atoms with E-state index >= 15 is 0 Å². The van der Waals surface area contributed by atoms with E-state index in [2.05, 4.69) is 10.3 Å². The molecule has 0 fully saturated rings. The average molecular weight is 424 g/mol. The van der Waals surface area contributed by atoms with Crippen LogP contribution in [0, 0.1) is 5.82 Å². The number of hydrogen-bond donors (Lipinski definition) is 1. The lowest BCUT2D eigenvalue weighted by molar-refractivity contribution is -0.138. The predicted octanol–water partition coefficient (Wildman–Crippen LogP) is 7.28.